The molecule has 2 rings (SSSR count). The number of carbonyl (C=O) groups is 1. The number of anilines is 1. The van der Waals surface area contributed by atoms with Crippen molar-refractivity contribution >= 4 is 23.2 Å². The molecule has 0 aliphatic heterocycles. The predicted molar refractivity (Wildman–Crippen MR) is 54.0 cm³/mol. The lowest BCUT2D eigenvalue weighted by Gasteiger charge is -2.09. The Morgan fingerprint density at radius 1 is 1.64 bits per heavy atom. The summed E-state index contributed by atoms with van der Waals surface area (Å²) in [6.45, 7) is 0. The molecule has 1 aromatic rings. The molecule has 1 aliphatic carbocycles. The third-order valence-electron chi connectivity index (χ3n) is 2.23. The highest BCUT2D eigenvalue weighted by Crippen LogP contribution is 2.33. The van der Waals surface area contributed by atoms with Crippen molar-refractivity contribution < 1.29 is 4.79 Å². The number of hydrogen-bond donors (Lipinski definition) is 2. The van der Waals surface area contributed by atoms with Crippen molar-refractivity contribution in [3.05, 3.63) is 23.5 Å². The molecule has 5 heteroatoms. The van der Waals surface area contributed by atoms with Gasteiger partial charge in [-0.2, -0.15) is 0 Å². The van der Waals surface area contributed by atoms with E-state index in [1.165, 1.54) is 6.20 Å². The minimum Gasteiger partial charge on any atom is -0.324 e. The van der Waals surface area contributed by atoms with E-state index in [9.17, 15) is 4.79 Å². The first-order valence-electron chi connectivity index (χ1n) is 4.32. The van der Waals surface area contributed by atoms with Gasteiger partial charge in [-0.25, -0.2) is 4.98 Å². The van der Waals surface area contributed by atoms with Gasteiger partial charge < -0.3 is 11.1 Å². The molecule has 0 spiro atoms. The van der Waals surface area contributed by atoms with Crippen LogP contribution in [-0.4, -0.2) is 16.4 Å². The fraction of sp³-hybridized carbons (Fsp3) is 0.333. The van der Waals surface area contributed by atoms with Gasteiger partial charge in [0.15, 0.2) is 0 Å². The Labute approximate surface area is 86.5 Å². The van der Waals surface area contributed by atoms with Crippen LogP contribution in [0.25, 0.3) is 0 Å². The number of carbonyl (C=O) groups excluding carboxylic acids is 1. The van der Waals surface area contributed by atoms with Gasteiger partial charge in [0, 0.05) is 11.9 Å². The number of nitrogens with one attached hydrogen (secondary N) is 1. The molecule has 0 unspecified atom stereocenters. The van der Waals surface area contributed by atoms with E-state index in [2.05, 4.69) is 10.3 Å². The molecule has 14 heavy (non-hydrogen) atoms. The SMILES string of the molecule is NC1(C(=O)Nc2ccnc(Cl)c2)CC1. The lowest BCUT2D eigenvalue weighted by Crippen LogP contribution is -2.37. The first kappa shape index (κ1) is 9.43. The molecule has 74 valence electrons. The third kappa shape index (κ3) is 1.86. The van der Waals surface area contributed by atoms with E-state index in [0.717, 1.165) is 12.8 Å². The summed E-state index contributed by atoms with van der Waals surface area (Å²) < 4.78 is 0. The predicted octanol–water partition coefficient (Wildman–Crippen LogP) is 1.16. The molecule has 4 nitrogen and oxygen atoms in total. The van der Waals surface area contributed by atoms with Crippen LogP contribution < -0.4 is 11.1 Å². The monoisotopic (exact) mass is 211 g/mol. The van der Waals surface area contributed by atoms with Crippen LogP contribution in [0.1, 0.15) is 12.8 Å². The summed E-state index contributed by atoms with van der Waals surface area (Å²) in [5.74, 6) is -0.153. The first-order valence-corrected chi connectivity index (χ1v) is 4.70. The zero-order valence-electron chi connectivity index (χ0n) is 7.46. The Morgan fingerprint density at radius 3 is 2.93 bits per heavy atom. The number of hydrogen-bond acceptors (Lipinski definition) is 3. The summed E-state index contributed by atoms with van der Waals surface area (Å²) in [5, 5.41) is 3.05. The van der Waals surface area contributed by atoms with Crippen molar-refractivity contribution in [2.24, 2.45) is 5.73 Å². The molecule has 0 radical (unpaired) electrons. The molecule has 3 N–H and O–H groups in total. The van der Waals surface area contributed by atoms with Crippen LogP contribution in [0.5, 0.6) is 0 Å². The van der Waals surface area contributed by atoms with E-state index >= 15 is 0 Å². The Balaban J connectivity index is 2.07. The van der Waals surface area contributed by atoms with Crippen LogP contribution in [0.2, 0.25) is 5.15 Å². The molecule has 0 bridgehead atoms. The molecule has 1 heterocycles. The van der Waals surface area contributed by atoms with Gasteiger partial charge in [-0.15, -0.1) is 0 Å². The number of rotatable bonds is 2. The number of aromatic nitrogens is 1. The van der Waals surface area contributed by atoms with Crippen LogP contribution in [0.4, 0.5) is 5.69 Å². The fourth-order valence-corrected chi connectivity index (χ4v) is 1.27. The first-order chi connectivity index (χ1) is 6.60. The van der Waals surface area contributed by atoms with Crippen LogP contribution in [0.15, 0.2) is 18.3 Å². The summed E-state index contributed by atoms with van der Waals surface area (Å²) in [4.78, 5) is 15.3. The van der Waals surface area contributed by atoms with Gasteiger partial charge in [0.25, 0.3) is 0 Å². The topological polar surface area (TPSA) is 68.0 Å². The highest BCUT2D eigenvalue weighted by molar-refractivity contribution is 6.29. The largest absolute Gasteiger partial charge is 0.324 e. The van der Waals surface area contributed by atoms with Gasteiger partial charge in [0.2, 0.25) is 5.91 Å². The summed E-state index contributed by atoms with van der Waals surface area (Å²) in [6, 6.07) is 3.26. The van der Waals surface area contributed by atoms with Gasteiger partial charge in [-0.1, -0.05) is 11.6 Å². The molecule has 1 aliphatic rings. The highest BCUT2D eigenvalue weighted by Gasteiger charge is 2.45. The quantitative estimate of drug-likeness (QED) is 0.722. The molecule has 1 aromatic heterocycles. The fourth-order valence-electron chi connectivity index (χ4n) is 1.10. The minimum absolute atomic E-state index is 0.153. The Morgan fingerprint density at radius 2 is 2.36 bits per heavy atom. The molecule has 1 amide bonds. The van der Waals surface area contributed by atoms with E-state index in [4.69, 9.17) is 17.3 Å². The maximum atomic E-state index is 11.5. The van der Waals surface area contributed by atoms with Gasteiger partial charge in [-0.3, -0.25) is 4.79 Å². The Bertz CT molecular complexity index is 376. The second-order valence-corrected chi connectivity index (χ2v) is 3.86. The van der Waals surface area contributed by atoms with Crippen molar-refractivity contribution in [3.8, 4) is 0 Å². The Hall–Kier alpha value is -1.13. The summed E-state index contributed by atoms with van der Waals surface area (Å²) in [6.07, 6.45) is 3.03. The zero-order chi connectivity index (χ0) is 10.2. The molecule has 1 fully saturated rings. The van der Waals surface area contributed by atoms with Crippen molar-refractivity contribution in [1.82, 2.24) is 4.98 Å². The van der Waals surface area contributed by atoms with Crippen molar-refractivity contribution in [2.75, 3.05) is 5.32 Å². The smallest absolute Gasteiger partial charge is 0.244 e. The number of amides is 1. The number of pyridine rings is 1. The minimum atomic E-state index is -0.657. The van der Waals surface area contributed by atoms with Gasteiger partial charge in [-0.05, 0) is 25.0 Å². The number of nitrogens with zero attached hydrogens (tertiary/aromatic N) is 1. The summed E-state index contributed by atoms with van der Waals surface area (Å²) in [7, 11) is 0. The second kappa shape index (κ2) is 3.22. The number of halogens is 1. The van der Waals surface area contributed by atoms with Gasteiger partial charge in [0.1, 0.15) is 5.15 Å². The lowest BCUT2D eigenvalue weighted by molar-refractivity contribution is -0.118. The normalized spacial score (nSPS) is 17.6. The number of nitrogens with two attached hydrogens (primary N) is 1. The van der Waals surface area contributed by atoms with Crippen LogP contribution in [-0.2, 0) is 4.79 Å². The van der Waals surface area contributed by atoms with Crippen molar-refractivity contribution in [1.29, 1.82) is 0 Å². The molecule has 0 aromatic carbocycles. The molecular weight excluding hydrogens is 202 g/mol. The third-order valence-corrected chi connectivity index (χ3v) is 2.43. The van der Waals surface area contributed by atoms with Crippen molar-refractivity contribution in [3.63, 3.8) is 0 Å². The van der Waals surface area contributed by atoms with Gasteiger partial charge in [0.05, 0.1) is 5.54 Å². The van der Waals surface area contributed by atoms with Crippen LogP contribution in [0, 0.1) is 0 Å². The highest BCUT2D eigenvalue weighted by atomic mass is 35.5. The lowest BCUT2D eigenvalue weighted by atomic mass is 10.2. The molecule has 0 saturated heterocycles. The summed E-state index contributed by atoms with van der Waals surface area (Å²) >= 11 is 5.66. The summed E-state index contributed by atoms with van der Waals surface area (Å²) in [5.41, 5.74) is 5.69. The average Bonchev–Trinajstić information content (AvgIpc) is 2.85. The molecular formula is C9H10ClN3O. The van der Waals surface area contributed by atoms with E-state index in [1.807, 2.05) is 0 Å². The maximum absolute atomic E-state index is 11.5. The second-order valence-electron chi connectivity index (χ2n) is 3.48. The average molecular weight is 212 g/mol. The van der Waals surface area contributed by atoms with Crippen LogP contribution in [0.3, 0.4) is 0 Å². The van der Waals surface area contributed by atoms with Crippen molar-refractivity contribution in [2.45, 2.75) is 18.4 Å². The van der Waals surface area contributed by atoms with E-state index in [-0.39, 0.29) is 5.91 Å². The standard InChI is InChI=1S/C9H10ClN3O/c10-7-5-6(1-4-12-7)13-8(14)9(11)2-3-9/h1,4-5H,2-3,11H2,(H,12,13,14). The van der Waals surface area contributed by atoms with E-state index < -0.39 is 5.54 Å². The van der Waals surface area contributed by atoms with E-state index in [1.54, 1.807) is 12.1 Å². The van der Waals surface area contributed by atoms with Gasteiger partial charge >= 0.3 is 0 Å². The molecule has 1 saturated carbocycles. The Kier molecular flexibility index (Phi) is 2.17. The van der Waals surface area contributed by atoms with Crippen LogP contribution >= 0.6 is 11.6 Å². The zero-order valence-corrected chi connectivity index (χ0v) is 8.21. The van der Waals surface area contributed by atoms with E-state index in [0.29, 0.717) is 10.8 Å². The maximum Gasteiger partial charge on any atom is 0.244 e. The molecule has 0 atom stereocenters.